The molecule has 0 radical (unpaired) electrons. The van der Waals surface area contributed by atoms with Crippen LogP contribution in [0.4, 0.5) is 5.69 Å². The van der Waals surface area contributed by atoms with Crippen LogP contribution >= 0.6 is 0 Å². The van der Waals surface area contributed by atoms with Gasteiger partial charge in [0.15, 0.2) is 0 Å². The van der Waals surface area contributed by atoms with Crippen molar-refractivity contribution in [3.63, 3.8) is 0 Å². The molecular weight excluding hydrogens is 370 g/mol. The molecule has 3 aromatic carbocycles. The fraction of sp³-hybridized carbons (Fsp3) is 0.0870. The minimum atomic E-state index is -0.505. The number of hydrogen-bond acceptors (Lipinski definition) is 5. The molecule has 1 N–H and O–H groups in total. The van der Waals surface area contributed by atoms with Crippen molar-refractivity contribution in [2.75, 3.05) is 12.4 Å². The Morgan fingerprint density at radius 1 is 0.759 bits per heavy atom. The van der Waals surface area contributed by atoms with Gasteiger partial charge in [-0.1, -0.05) is 30.3 Å². The highest BCUT2D eigenvalue weighted by Crippen LogP contribution is 2.14. The van der Waals surface area contributed by atoms with Crippen molar-refractivity contribution in [1.29, 1.82) is 0 Å². The number of hydrogen-bond donors (Lipinski definition) is 1. The van der Waals surface area contributed by atoms with E-state index < -0.39 is 11.9 Å². The fourth-order valence-corrected chi connectivity index (χ4v) is 2.62. The second kappa shape index (κ2) is 9.32. The highest BCUT2D eigenvalue weighted by Gasteiger charge is 2.11. The molecule has 0 unspecified atom stereocenters. The number of amides is 1. The predicted molar refractivity (Wildman–Crippen MR) is 108 cm³/mol. The molecule has 0 spiro atoms. The normalized spacial score (nSPS) is 10.1. The maximum Gasteiger partial charge on any atom is 0.338 e. The Morgan fingerprint density at radius 3 is 2.14 bits per heavy atom. The van der Waals surface area contributed by atoms with Gasteiger partial charge < -0.3 is 14.8 Å². The van der Waals surface area contributed by atoms with Gasteiger partial charge in [-0.05, 0) is 54.1 Å². The average molecular weight is 389 g/mol. The molecule has 0 saturated heterocycles. The molecule has 0 aliphatic heterocycles. The molecule has 0 atom stereocenters. The van der Waals surface area contributed by atoms with Crippen LogP contribution in [0.15, 0.2) is 78.9 Å². The van der Waals surface area contributed by atoms with E-state index in [9.17, 15) is 14.4 Å². The largest absolute Gasteiger partial charge is 0.465 e. The summed E-state index contributed by atoms with van der Waals surface area (Å²) in [5.74, 6) is -1.19. The van der Waals surface area contributed by atoms with Crippen LogP contribution in [0.3, 0.4) is 0 Å². The molecular formula is C23H19NO5. The fourth-order valence-electron chi connectivity index (χ4n) is 2.62. The summed E-state index contributed by atoms with van der Waals surface area (Å²) in [5.41, 5.74) is 2.53. The Hall–Kier alpha value is -3.93. The van der Waals surface area contributed by atoms with Crippen LogP contribution < -0.4 is 5.32 Å². The van der Waals surface area contributed by atoms with E-state index in [4.69, 9.17) is 4.74 Å². The van der Waals surface area contributed by atoms with E-state index in [0.29, 0.717) is 27.9 Å². The molecule has 0 heterocycles. The van der Waals surface area contributed by atoms with Crippen molar-refractivity contribution >= 4 is 23.5 Å². The molecule has 0 fully saturated rings. The summed E-state index contributed by atoms with van der Waals surface area (Å²) in [6.45, 7) is 0.0240. The lowest BCUT2D eigenvalue weighted by atomic mass is 10.1. The summed E-state index contributed by atoms with van der Waals surface area (Å²) in [7, 11) is 1.31. The van der Waals surface area contributed by atoms with E-state index in [1.54, 1.807) is 72.8 Å². The van der Waals surface area contributed by atoms with Crippen LogP contribution in [-0.2, 0) is 16.1 Å². The highest BCUT2D eigenvalue weighted by molar-refractivity contribution is 6.04. The molecule has 6 heteroatoms. The van der Waals surface area contributed by atoms with Crippen molar-refractivity contribution < 1.29 is 23.9 Å². The Morgan fingerprint density at radius 2 is 1.45 bits per heavy atom. The Balaban J connectivity index is 1.58. The lowest BCUT2D eigenvalue weighted by Crippen LogP contribution is -2.12. The molecule has 1 amide bonds. The summed E-state index contributed by atoms with van der Waals surface area (Å²) in [6.07, 6.45) is 0. The zero-order valence-corrected chi connectivity index (χ0v) is 15.8. The second-order valence-corrected chi connectivity index (χ2v) is 6.17. The summed E-state index contributed by atoms with van der Waals surface area (Å²) in [6, 6.07) is 22.0. The minimum absolute atomic E-state index is 0.0240. The number of benzene rings is 3. The summed E-state index contributed by atoms with van der Waals surface area (Å²) < 4.78 is 9.97. The lowest BCUT2D eigenvalue weighted by Gasteiger charge is -2.08. The van der Waals surface area contributed by atoms with Crippen LogP contribution in [-0.4, -0.2) is 25.0 Å². The Bertz CT molecular complexity index is 1010. The number of rotatable bonds is 6. The number of anilines is 1. The molecule has 3 rings (SSSR count). The third-order valence-electron chi connectivity index (χ3n) is 4.13. The van der Waals surface area contributed by atoms with Crippen molar-refractivity contribution in [2.24, 2.45) is 0 Å². The molecule has 0 saturated carbocycles. The molecule has 146 valence electrons. The van der Waals surface area contributed by atoms with Crippen molar-refractivity contribution in [3.8, 4) is 0 Å². The van der Waals surface area contributed by atoms with Gasteiger partial charge in [0.25, 0.3) is 5.91 Å². The zero-order valence-electron chi connectivity index (χ0n) is 15.8. The van der Waals surface area contributed by atoms with Gasteiger partial charge in [-0.25, -0.2) is 9.59 Å². The first-order chi connectivity index (χ1) is 14.1. The van der Waals surface area contributed by atoms with Crippen LogP contribution in [0.2, 0.25) is 0 Å². The number of methoxy groups -OCH3 is 1. The maximum absolute atomic E-state index is 12.2. The number of ether oxygens (including phenoxy) is 2. The van der Waals surface area contributed by atoms with Crippen LogP contribution in [0, 0.1) is 0 Å². The molecule has 3 aromatic rings. The first-order valence-electron chi connectivity index (χ1n) is 8.87. The van der Waals surface area contributed by atoms with Crippen molar-refractivity contribution in [3.05, 3.63) is 101 Å². The molecule has 0 aliphatic carbocycles. The van der Waals surface area contributed by atoms with E-state index in [2.05, 4.69) is 10.1 Å². The minimum Gasteiger partial charge on any atom is -0.465 e. The van der Waals surface area contributed by atoms with E-state index >= 15 is 0 Å². The van der Waals surface area contributed by atoms with Crippen LogP contribution in [0.1, 0.15) is 36.6 Å². The van der Waals surface area contributed by atoms with Gasteiger partial charge in [-0.2, -0.15) is 0 Å². The topological polar surface area (TPSA) is 81.7 Å². The molecule has 6 nitrogen and oxygen atoms in total. The van der Waals surface area contributed by atoms with Crippen LogP contribution in [0.25, 0.3) is 0 Å². The van der Waals surface area contributed by atoms with E-state index in [-0.39, 0.29) is 12.5 Å². The predicted octanol–water partition coefficient (Wildman–Crippen LogP) is 4.08. The van der Waals surface area contributed by atoms with Gasteiger partial charge in [0.05, 0.1) is 18.2 Å². The van der Waals surface area contributed by atoms with Gasteiger partial charge in [0.1, 0.15) is 6.61 Å². The number of esters is 2. The second-order valence-electron chi connectivity index (χ2n) is 6.17. The average Bonchev–Trinajstić information content (AvgIpc) is 2.78. The van der Waals surface area contributed by atoms with Crippen molar-refractivity contribution in [1.82, 2.24) is 0 Å². The first kappa shape index (κ1) is 19.8. The molecule has 29 heavy (non-hydrogen) atoms. The lowest BCUT2D eigenvalue weighted by molar-refractivity contribution is 0.0472. The van der Waals surface area contributed by atoms with E-state index in [1.165, 1.54) is 7.11 Å². The molecule has 0 bridgehead atoms. The third kappa shape index (κ3) is 5.29. The standard InChI is InChI=1S/C23H19NO5/c1-28-22(26)19-9-5-6-16(14-19)15-29-23(27)18-10-12-20(13-11-18)24-21(25)17-7-3-2-4-8-17/h2-14H,15H2,1H3,(H,24,25). The summed E-state index contributed by atoms with van der Waals surface area (Å²) in [5, 5.41) is 2.77. The van der Waals surface area contributed by atoms with Gasteiger partial charge in [-0.3, -0.25) is 4.79 Å². The van der Waals surface area contributed by atoms with Gasteiger partial charge in [0.2, 0.25) is 0 Å². The van der Waals surface area contributed by atoms with Gasteiger partial charge >= 0.3 is 11.9 Å². The summed E-state index contributed by atoms with van der Waals surface area (Å²) in [4.78, 5) is 36.0. The number of carbonyl (C=O) groups is 3. The number of nitrogens with one attached hydrogen (secondary N) is 1. The Kier molecular flexibility index (Phi) is 6.37. The third-order valence-corrected chi connectivity index (χ3v) is 4.13. The van der Waals surface area contributed by atoms with E-state index in [0.717, 1.165) is 0 Å². The van der Waals surface area contributed by atoms with Crippen molar-refractivity contribution in [2.45, 2.75) is 6.61 Å². The SMILES string of the molecule is COC(=O)c1cccc(COC(=O)c2ccc(NC(=O)c3ccccc3)cc2)c1. The summed E-state index contributed by atoms with van der Waals surface area (Å²) >= 11 is 0. The van der Waals surface area contributed by atoms with E-state index in [1.807, 2.05) is 6.07 Å². The molecule has 0 aliphatic rings. The van der Waals surface area contributed by atoms with Gasteiger partial charge in [0, 0.05) is 11.3 Å². The zero-order chi connectivity index (χ0) is 20.6. The molecule has 0 aromatic heterocycles. The quantitative estimate of drug-likeness (QED) is 0.643. The highest BCUT2D eigenvalue weighted by atomic mass is 16.5. The number of carbonyl (C=O) groups excluding carboxylic acids is 3. The monoisotopic (exact) mass is 389 g/mol. The van der Waals surface area contributed by atoms with Gasteiger partial charge in [-0.15, -0.1) is 0 Å². The van der Waals surface area contributed by atoms with Crippen LogP contribution in [0.5, 0.6) is 0 Å². The smallest absolute Gasteiger partial charge is 0.338 e. The maximum atomic E-state index is 12.2. The Labute approximate surface area is 168 Å². The first-order valence-corrected chi connectivity index (χ1v) is 8.87.